The first-order chi connectivity index (χ1) is 6.32. The first-order valence-corrected chi connectivity index (χ1v) is 6.15. The summed E-state index contributed by atoms with van der Waals surface area (Å²) in [5.74, 6) is 0.842. The normalized spacial score (nSPS) is 17.1. The van der Waals surface area contributed by atoms with Crippen molar-refractivity contribution in [1.29, 1.82) is 0 Å². The van der Waals surface area contributed by atoms with Crippen LogP contribution in [0.1, 0.15) is 53.9 Å². The Labute approximate surface area is 91.1 Å². The smallest absolute Gasteiger partial charge is 0.0859 e. The second kappa shape index (κ2) is 5.75. The quantitative estimate of drug-likeness (QED) is 0.574. The van der Waals surface area contributed by atoms with Crippen molar-refractivity contribution in [2.24, 2.45) is 5.92 Å². The molecule has 0 saturated carbocycles. The molecule has 0 bridgehead atoms. The lowest BCUT2D eigenvalue weighted by Gasteiger charge is -2.41. The molecule has 0 aromatic rings. The maximum Gasteiger partial charge on any atom is 0.0859 e. The number of rotatable bonds is 6. The first kappa shape index (κ1) is 14.0. The Morgan fingerprint density at radius 1 is 0.857 bits per heavy atom. The highest BCUT2D eigenvalue weighted by atomic mass is 15.3. The molecule has 0 heterocycles. The molecule has 1 heteroatoms. The van der Waals surface area contributed by atoms with E-state index in [-0.39, 0.29) is 0 Å². The van der Waals surface area contributed by atoms with Gasteiger partial charge < -0.3 is 4.48 Å². The number of nitrogens with zero attached hydrogens (tertiary/aromatic N) is 1. The van der Waals surface area contributed by atoms with Crippen LogP contribution in [0, 0.1) is 5.92 Å². The molecule has 0 aromatic carbocycles. The van der Waals surface area contributed by atoms with Crippen molar-refractivity contribution in [3.8, 4) is 0 Å². The third-order valence-corrected chi connectivity index (χ3v) is 4.02. The summed E-state index contributed by atoms with van der Waals surface area (Å²) in [5, 5.41) is 0. The third kappa shape index (κ3) is 4.00. The highest BCUT2D eigenvalue weighted by Gasteiger charge is 2.28. The van der Waals surface area contributed by atoms with E-state index in [0.717, 1.165) is 18.0 Å². The lowest BCUT2D eigenvalue weighted by Crippen LogP contribution is -2.53. The monoisotopic (exact) mass is 200 g/mol. The number of quaternary nitrogens is 1. The topological polar surface area (TPSA) is 0 Å². The van der Waals surface area contributed by atoms with E-state index in [2.05, 4.69) is 48.7 Å². The third-order valence-electron chi connectivity index (χ3n) is 4.02. The van der Waals surface area contributed by atoms with E-state index in [1.54, 1.807) is 0 Å². The van der Waals surface area contributed by atoms with E-state index >= 15 is 0 Å². The van der Waals surface area contributed by atoms with Crippen molar-refractivity contribution in [2.75, 3.05) is 14.1 Å². The van der Waals surface area contributed by atoms with Crippen molar-refractivity contribution in [1.82, 2.24) is 0 Å². The van der Waals surface area contributed by atoms with Gasteiger partial charge in [0.25, 0.3) is 0 Å². The summed E-state index contributed by atoms with van der Waals surface area (Å²) >= 11 is 0. The van der Waals surface area contributed by atoms with Crippen molar-refractivity contribution >= 4 is 0 Å². The van der Waals surface area contributed by atoms with Gasteiger partial charge in [-0.2, -0.15) is 0 Å². The molecule has 14 heavy (non-hydrogen) atoms. The standard InChI is InChI=1S/C13H30N/c1-8-12(4)14(6,7)13(5)10-9-11(2)3/h11-13H,8-10H2,1-7H3/q+1. The Balaban J connectivity index is 4.13. The molecule has 86 valence electrons. The molecule has 0 rings (SSSR count). The van der Waals surface area contributed by atoms with Crippen LogP contribution in [0.2, 0.25) is 0 Å². The van der Waals surface area contributed by atoms with Crippen LogP contribution in [0.5, 0.6) is 0 Å². The van der Waals surface area contributed by atoms with E-state index < -0.39 is 0 Å². The molecule has 1 nitrogen and oxygen atoms in total. The zero-order chi connectivity index (χ0) is 11.4. The lowest BCUT2D eigenvalue weighted by atomic mass is 10.0. The van der Waals surface area contributed by atoms with Crippen LogP contribution in [0.15, 0.2) is 0 Å². The molecule has 0 amide bonds. The van der Waals surface area contributed by atoms with Crippen molar-refractivity contribution in [2.45, 2.75) is 66.0 Å². The summed E-state index contributed by atoms with van der Waals surface area (Å²) in [6.07, 6.45) is 3.99. The second-order valence-electron chi connectivity index (χ2n) is 5.71. The van der Waals surface area contributed by atoms with Crippen molar-refractivity contribution in [3.05, 3.63) is 0 Å². The molecule has 0 aliphatic carbocycles. The van der Waals surface area contributed by atoms with Gasteiger partial charge in [-0.25, -0.2) is 0 Å². The molecule has 0 fully saturated rings. The zero-order valence-corrected chi connectivity index (χ0v) is 11.3. The molecular formula is C13H30N+. The summed E-state index contributed by atoms with van der Waals surface area (Å²) in [7, 11) is 4.75. The maximum absolute atomic E-state index is 2.40. The van der Waals surface area contributed by atoms with Gasteiger partial charge in [-0.3, -0.25) is 0 Å². The highest BCUT2D eigenvalue weighted by Crippen LogP contribution is 2.20. The summed E-state index contributed by atoms with van der Waals surface area (Å²) in [6.45, 7) is 11.7. The Morgan fingerprint density at radius 3 is 1.71 bits per heavy atom. The Bertz CT molecular complexity index is 149. The molecule has 2 unspecified atom stereocenters. The van der Waals surface area contributed by atoms with E-state index in [4.69, 9.17) is 0 Å². The fraction of sp³-hybridized carbons (Fsp3) is 1.00. The van der Waals surface area contributed by atoms with Crippen LogP contribution in [-0.2, 0) is 0 Å². The van der Waals surface area contributed by atoms with Crippen molar-refractivity contribution in [3.63, 3.8) is 0 Å². The van der Waals surface area contributed by atoms with Gasteiger partial charge in [-0.05, 0) is 39.0 Å². The minimum Gasteiger partial charge on any atom is -0.324 e. The van der Waals surface area contributed by atoms with Gasteiger partial charge in [0, 0.05) is 0 Å². The maximum atomic E-state index is 2.40. The average Bonchev–Trinajstić information content (AvgIpc) is 2.12. The largest absolute Gasteiger partial charge is 0.324 e. The Hall–Kier alpha value is -0.0400. The molecule has 0 radical (unpaired) electrons. The first-order valence-electron chi connectivity index (χ1n) is 6.15. The molecular weight excluding hydrogens is 170 g/mol. The van der Waals surface area contributed by atoms with Crippen molar-refractivity contribution < 1.29 is 4.48 Å². The van der Waals surface area contributed by atoms with Crippen LogP contribution in [0.3, 0.4) is 0 Å². The van der Waals surface area contributed by atoms with E-state index in [9.17, 15) is 0 Å². The fourth-order valence-electron chi connectivity index (χ4n) is 1.81. The molecule has 0 saturated heterocycles. The molecule has 0 aliphatic heterocycles. The van der Waals surface area contributed by atoms with Crippen LogP contribution >= 0.6 is 0 Å². The molecule has 0 aliphatic rings. The molecule has 0 spiro atoms. The van der Waals surface area contributed by atoms with E-state index in [1.807, 2.05) is 0 Å². The second-order valence-corrected chi connectivity index (χ2v) is 5.71. The molecule has 0 aromatic heterocycles. The Morgan fingerprint density at radius 2 is 1.36 bits per heavy atom. The van der Waals surface area contributed by atoms with Crippen LogP contribution in [0.25, 0.3) is 0 Å². The van der Waals surface area contributed by atoms with Gasteiger partial charge in [-0.15, -0.1) is 0 Å². The SMILES string of the molecule is CCC(C)[N+](C)(C)C(C)CCC(C)C. The van der Waals surface area contributed by atoms with Crippen LogP contribution < -0.4 is 0 Å². The number of hydrogen-bond donors (Lipinski definition) is 0. The summed E-state index contributed by atoms with van der Waals surface area (Å²) in [4.78, 5) is 0. The zero-order valence-electron chi connectivity index (χ0n) is 11.3. The lowest BCUT2D eigenvalue weighted by molar-refractivity contribution is -0.935. The Kier molecular flexibility index (Phi) is 5.73. The van der Waals surface area contributed by atoms with E-state index in [0.29, 0.717) is 0 Å². The van der Waals surface area contributed by atoms with Gasteiger partial charge in [-0.1, -0.05) is 20.8 Å². The minimum absolute atomic E-state index is 0.775. The van der Waals surface area contributed by atoms with E-state index in [1.165, 1.54) is 23.7 Å². The van der Waals surface area contributed by atoms with Crippen LogP contribution in [-0.4, -0.2) is 30.7 Å². The van der Waals surface area contributed by atoms with Gasteiger partial charge in [0.2, 0.25) is 0 Å². The summed E-state index contributed by atoms with van der Waals surface area (Å²) in [5.41, 5.74) is 0. The molecule has 2 atom stereocenters. The predicted molar refractivity (Wildman–Crippen MR) is 65.4 cm³/mol. The van der Waals surface area contributed by atoms with Gasteiger partial charge in [0.05, 0.1) is 26.2 Å². The highest BCUT2D eigenvalue weighted by molar-refractivity contribution is 4.58. The fourth-order valence-corrected chi connectivity index (χ4v) is 1.81. The van der Waals surface area contributed by atoms with Gasteiger partial charge >= 0.3 is 0 Å². The van der Waals surface area contributed by atoms with Gasteiger partial charge in [0.15, 0.2) is 0 Å². The predicted octanol–water partition coefficient (Wildman–Crippen LogP) is 3.69. The minimum atomic E-state index is 0.775. The molecule has 0 N–H and O–H groups in total. The number of hydrogen-bond acceptors (Lipinski definition) is 0. The average molecular weight is 200 g/mol. The summed E-state index contributed by atoms with van der Waals surface area (Å²) in [6, 6.07) is 1.56. The van der Waals surface area contributed by atoms with Crippen LogP contribution in [0.4, 0.5) is 0 Å². The van der Waals surface area contributed by atoms with Gasteiger partial charge in [0.1, 0.15) is 0 Å². The summed E-state index contributed by atoms with van der Waals surface area (Å²) < 4.78 is 1.17.